The minimum atomic E-state index is 0.0417. The Hall–Kier alpha value is -2.98. The summed E-state index contributed by atoms with van der Waals surface area (Å²) in [6, 6.07) is 13.8. The van der Waals surface area contributed by atoms with Crippen LogP contribution >= 0.6 is 0 Å². The first kappa shape index (κ1) is 22.3. The van der Waals surface area contributed by atoms with Crippen LogP contribution in [0.2, 0.25) is 0 Å². The van der Waals surface area contributed by atoms with Crippen molar-refractivity contribution in [3.05, 3.63) is 53.2 Å². The van der Waals surface area contributed by atoms with E-state index in [2.05, 4.69) is 51.7 Å². The van der Waals surface area contributed by atoms with Crippen molar-refractivity contribution in [3.8, 4) is 6.07 Å². The van der Waals surface area contributed by atoms with Crippen molar-refractivity contribution in [3.63, 3.8) is 0 Å². The van der Waals surface area contributed by atoms with Crippen LogP contribution in [0.25, 0.3) is 0 Å². The number of benzene rings is 1. The number of anilines is 1. The monoisotopic (exact) mass is 394 g/mol. The summed E-state index contributed by atoms with van der Waals surface area (Å²) >= 11 is 0. The molecule has 1 aliphatic rings. The SMILES string of the molecule is CC(C)c1ccc(CC(=O)NC2CCN(c3ccc(C#N)nn3)C2)cc1.CNC. The highest BCUT2D eigenvalue weighted by atomic mass is 16.1. The highest BCUT2D eigenvalue weighted by Crippen LogP contribution is 2.18. The van der Waals surface area contributed by atoms with Crippen LogP contribution in [0.3, 0.4) is 0 Å². The molecule has 0 bridgehead atoms. The average Bonchev–Trinajstić information content (AvgIpc) is 3.17. The second-order valence-corrected chi connectivity index (χ2v) is 7.46. The zero-order chi connectivity index (χ0) is 21.2. The lowest BCUT2D eigenvalue weighted by Gasteiger charge is -2.17. The minimum Gasteiger partial charge on any atom is -0.353 e. The van der Waals surface area contributed by atoms with Crippen molar-refractivity contribution in [2.75, 3.05) is 32.1 Å². The quantitative estimate of drug-likeness (QED) is 0.808. The molecule has 29 heavy (non-hydrogen) atoms. The van der Waals surface area contributed by atoms with Gasteiger partial charge in [0.05, 0.1) is 6.42 Å². The number of amides is 1. The Balaban J connectivity index is 0.000000941. The predicted molar refractivity (Wildman–Crippen MR) is 115 cm³/mol. The third-order valence-corrected chi connectivity index (χ3v) is 4.65. The van der Waals surface area contributed by atoms with E-state index in [-0.39, 0.29) is 11.9 Å². The Morgan fingerprint density at radius 2 is 1.90 bits per heavy atom. The maximum atomic E-state index is 12.3. The normalized spacial score (nSPS) is 15.4. The summed E-state index contributed by atoms with van der Waals surface area (Å²) in [4.78, 5) is 14.4. The van der Waals surface area contributed by atoms with Gasteiger partial charge in [-0.05, 0) is 49.7 Å². The molecule has 7 heteroatoms. The maximum absolute atomic E-state index is 12.3. The van der Waals surface area contributed by atoms with Gasteiger partial charge in [-0.3, -0.25) is 4.79 Å². The molecule has 154 valence electrons. The molecule has 2 aromatic rings. The molecule has 0 spiro atoms. The molecule has 1 aromatic carbocycles. The summed E-state index contributed by atoms with van der Waals surface area (Å²) in [6.07, 6.45) is 1.27. The molecule has 1 aromatic heterocycles. The molecule has 0 saturated carbocycles. The van der Waals surface area contributed by atoms with Crippen LogP contribution in [0.4, 0.5) is 5.82 Å². The minimum absolute atomic E-state index is 0.0417. The van der Waals surface area contributed by atoms with E-state index in [1.54, 1.807) is 12.1 Å². The fraction of sp³-hybridized carbons (Fsp3) is 0.455. The van der Waals surface area contributed by atoms with Crippen molar-refractivity contribution >= 4 is 11.7 Å². The van der Waals surface area contributed by atoms with Gasteiger partial charge in [-0.1, -0.05) is 38.1 Å². The fourth-order valence-electron chi connectivity index (χ4n) is 3.12. The number of aromatic nitrogens is 2. The van der Waals surface area contributed by atoms with E-state index in [4.69, 9.17) is 5.26 Å². The molecule has 1 saturated heterocycles. The van der Waals surface area contributed by atoms with Gasteiger partial charge in [0.1, 0.15) is 6.07 Å². The molecule has 1 atom stereocenters. The van der Waals surface area contributed by atoms with Gasteiger partial charge in [0, 0.05) is 19.1 Å². The second-order valence-electron chi connectivity index (χ2n) is 7.46. The molecule has 7 nitrogen and oxygen atoms in total. The number of hydrogen-bond acceptors (Lipinski definition) is 6. The predicted octanol–water partition coefficient (Wildman–Crippen LogP) is 2.24. The molecule has 1 fully saturated rings. The van der Waals surface area contributed by atoms with Crippen LogP contribution in [-0.2, 0) is 11.2 Å². The molecule has 1 aliphatic heterocycles. The molecular formula is C22H30N6O. The van der Waals surface area contributed by atoms with Crippen molar-refractivity contribution < 1.29 is 4.79 Å². The molecule has 2 heterocycles. The Morgan fingerprint density at radius 1 is 1.21 bits per heavy atom. The van der Waals surface area contributed by atoms with Crippen molar-refractivity contribution in [2.45, 2.75) is 38.6 Å². The van der Waals surface area contributed by atoms with E-state index in [0.717, 1.165) is 24.3 Å². The summed E-state index contributed by atoms with van der Waals surface area (Å²) in [6.45, 7) is 5.84. The number of hydrogen-bond donors (Lipinski definition) is 2. The number of nitrogens with zero attached hydrogens (tertiary/aromatic N) is 4. The van der Waals surface area contributed by atoms with E-state index >= 15 is 0 Å². The van der Waals surface area contributed by atoms with Gasteiger partial charge >= 0.3 is 0 Å². The van der Waals surface area contributed by atoms with Crippen molar-refractivity contribution in [1.29, 1.82) is 5.26 Å². The first-order chi connectivity index (χ1) is 14.0. The molecule has 3 rings (SSSR count). The van der Waals surface area contributed by atoms with E-state index in [1.165, 1.54) is 5.56 Å². The lowest BCUT2D eigenvalue weighted by Crippen LogP contribution is -2.38. The number of nitriles is 1. The van der Waals surface area contributed by atoms with E-state index in [0.29, 0.717) is 24.6 Å². The lowest BCUT2D eigenvalue weighted by atomic mass is 10.0. The van der Waals surface area contributed by atoms with Crippen molar-refractivity contribution in [1.82, 2.24) is 20.8 Å². The van der Waals surface area contributed by atoms with Crippen LogP contribution in [0.1, 0.15) is 43.0 Å². The van der Waals surface area contributed by atoms with Gasteiger partial charge in [0.2, 0.25) is 5.91 Å². The summed E-state index contributed by atoms with van der Waals surface area (Å²) < 4.78 is 0. The number of rotatable bonds is 5. The molecule has 0 aliphatic carbocycles. The van der Waals surface area contributed by atoms with Gasteiger partial charge in [0.15, 0.2) is 11.5 Å². The van der Waals surface area contributed by atoms with Gasteiger partial charge in [0.25, 0.3) is 0 Å². The molecule has 0 radical (unpaired) electrons. The summed E-state index contributed by atoms with van der Waals surface area (Å²) in [5.74, 6) is 1.28. The van der Waals surface area contributed by atoms with E-state index in [9.17, 15) is 4.79 Å². The Labute approximate surface area is 173 Å². The third-order valence-electron chi connectivity index (χ3n) is 4.65. The zero-order valence-electron chi connectivity index (χ0n) is 17.6. The van der Waals surface area contributed by atoms with Gasteiger partial charge in [-0.25, -0.2) is 0 Å². The van der Waals surface area contributed by atoms with Crippen molar-refractivity contribution in [2.24, 2.45) is 0 Å². The highest BCUT2D eigenvalue weighted by Gasteiger charge is 2.25. The molecule has 2 N–H and O–H groups in total. The zero-order valence-corrected chi connectivity index (χ0v) is 17.6. The first-order valence-electron chi connectivity index (χ1n) is 9.92. The maximum Gasteiger partial charge on any atom is 0.224 e. The lowest BCUT2D eigenvalue weighted by molar-refractivity contribution is -0.121. The topological polar surface area (TPSA) is 93.9 Å². The van der Waals surface area contributed by atoms with Crippen LogP contribution in [-0.4, -0.2) is 49.3 Å². The Morgan fingerprint density at radius 3 is 2.45 bits per heavy atom. The van der Waals surface area contributed by atoms with E-state index in [1.807, 2.05) is 32.3 Å². The first-order valence-corrected chi connectivity index (χ1v) is 9.92. The third kappa shape index (κ3) is 6.84. The summed E-state index contributed by atoms with van der Waals surface area (Å²) in [5, 5.41) is 22.6. The van der Waals surface area contributed by atoms with Crippen LogP contribution in [0.15, 0.2) is 36.4 Å². The summed E-state index contributed by atoms with van der Waals surface area (Å²) in [7, 11) is 3.75. The highest BCUT2D eigenvalue weighted by molar-refractivity contribution is 5.79. The van der Waals surface area contributed by atoms with Crippen LogP contribution in [0, 0.1) is 11.3 Å². The number of carbonyl (C=O) groups excluding carboxylic acids is 1. The van der Waals surface area contributed by atoms with Gasteiger partial charge in [-0.2, -0.15) is 5.26 Å². The molecule has 1 unspecified atom stereocenters. The molecule has 1 amide bonds. The number of nitrogens with one attached hydrogen (secondary N) is 2. The fourth-order valence-corrected chi connectivity index (χ4v) is 3.12. The number of carbonyl (C=O) groups is 1. The van der Waals surface area contributed by atoms with Gasteiger partial charge < -0.3 is 15.5 Å². The Bertz CT molecular complexity index is 811. The summed E-state index contributed by atoms with van der Waals surface area (Å²) in [5.41, 5.74) is 2.62. The largest absolute Gasteiger partial charge is 0.353 e. The smallest absolute Gasteiger partial charge is 0.224 e. The standard InChI is InChI=1S/C20H23N5O.C2H7N/c1-14(2)16-5-3-15(4-6-16)11-20(26)22-18-9-10-25(13-18)19-8-7-17(12-21)23-24-19;1-3-2/h3-8,14,18H,9-11,13H2,1-2H3,(H,22,26);3H,1-2H3. The molecular weight excluding hydrogens is 364 g/mol. The van der Waals surface area contributed by atoms with Gasteiger partial charge in [-0.15, -0.1) is 10.2 Å². The van der Waals surface area contributed by atoms with Crippen LogP contribution < -0.4 is 15.5 Å². The second kappa shape index (κ2) is 11.1. The Kier molecular flexibility index (Phi) is 8.56. The average molecular weight is 395 g/mol. The van der Waals surface area contributed by atoms with Crippen LogP contribution in [0.5, 0.6) is 0 Å². The van der Waals surface area contributed by atoms with E-state index < -0.39 is 0 Å².